The van der Waals surface area contributed by atoms with Crippen molar-refractivity contribution in [1.29, 1.82) is 0 Å². The van der Waals surface area contributed by atoms with Gasteiger partial charge >= 0.3 is 17.9 Å². The first-order chi connectivity index (χ1) is 20.9. The Kier molecular flexibility index (Phi) is 17.3. The van der Waals surface area contributed by atoms with Crippen molar-refractivity contribution < 1.29 is 38.1 Å². The molecule has 0 heterocycles. The van der Waals surface area contributed by atoms with Crippen molar-refractivity contribution in [2.75, 3.05) is 33.5 Å². The van der Waals surface area contributed by atoms with Crippen molar-refractivity contribution in [3.63, 3.8) is 0 Å². The van der Waals surface area contributed by atoms with Crippen LogP contribution in [-0.2, 0) is 28.6 Å². The molecule has 2 aromatic rings. The Hall–Kier alpha value is -4.33. The molecule has 8 heteroatoms. The highest BCUT2D eigenvalue weighted by Crippen LogP contribution is 2.15. The molecule has 0 N–H and O–H groups in total. The molecule has 0 aliphatic heterocycles. The van der Waals surface area contributed by atoms with Gasteiger partial charge < -0.3 is 23.7 Å². The number of hydrogen-bond acceptors (Lipinski definition) is 8. The summed E-state index contributed by atoms with van der Waals surface area (Å²) < 4.78 is 26.5. The van der Waals surface area contributed by atoms with Crippen molar-refractivity contribution in [2.45, 2.75) is 58.3 Å². The summed E-state index contributed by atoms with van der Waals surface area (Å²) in [5.74, 6) is 0.476. The Labute approximate surface area is 255 Å². The summed E-state index contributed by atoms with van der Waals surface area (Å²) in [4.78, 5) is 34.5. The highest BCUT2D eigenvalue weighted by Gasteiger charge is 2.03. The summed E-state index contributed by atoms with van der Waals surface area (Å²) in [5.41, 5.74) is 2.20. The molecule has 0 amide bonds. The topological polar surface area (TPSA) is 97.4 Å². The molecule has 43 heavy (non-hydrogen) atoms. The van der Waals surface area contributed by atoms with E-state index in [-0.39, 0.29) is 11.9 Å². The van der Waals surface area contributed by atoms with E-state index in [1.54, 1.807) is 19.1 Å². The molecule has 0 aliphatic rings. The first-order valence-corrected chi connectivity index (χ1v) is 14.8. The van der Waals surface area contributed by atoms with Gasteiger partial charge in [0.1, 0.15) is 11.5 Å². The minimum atomic E-state index is -0.391. The summed E-state index contributed by atoms with van der Waals surface area (Å²) >= 11 is 0. The van der Waals surface area contributed by atoms with E-state index in [1.165, 1.54) is 19.3 Å². The second-order valence-electron chi connectivity index (χ2n) is 9.94. The van der Waals surface area contributed by atoms with E-state index < -0.39 is 5.97 Å². The van der Waals surface area contributed by atoms with Gasteiger partial charge in [-0.15, -0.1) is 0 Å². The van der Waals surface area contributed by atoms with Gasteiger partial charge in [0.05, 0.1) is 33.5 Å². The molecule has 0 radical (unpaired) electrons. The number of rotatable bonds is 21. The van der Waals surface area contributed by atoms with Crippen LogP contribution in [0.2, 0.25) is 0 Å². The average Bonchev–Trinajstić information content (AvgIpc) is 3.02. The van der Waals surface area contributed by atoms with Crippen LogP contribution in [0.5, 0.6) is 11.5 Å². The SMILES string of the molecule is C=C(C)C(=O)OCCCCCCOc1ccc(C=CC(=O)OCCCCCCOc2ccc(C=CC(=O)OC)cc2)cc1. The van der Waals surface area contributed by atoms with E-state index in [1.807, 2.05) is 48.5 Å². The average molecular weight is 593 g/mol. The van der Waals surface area contributed by atoms with E-state index >= 15 is 0 Å². The molecule has 0 spiro atoms. The predicted molar refractivity (Wildman–Crippen MR) is 168 cm³/mol. The molecular formula is C35H44O8. The highest BCUT2D eigenvalue weighted by molar-refractivity contribution is 5.87. The van der Waals surface area contributed by atoms with E-state index in [0.717, 1.165) is 74.0 Å². The van der Waals surface area contributed by atoms with Gasteiger partial charge in [-0.1, -0.05) is 30.8 Å². The van der Waals surface area contributed by atoms with E-state index in [9.17, 15) is 14.4 Å². The van der Waals surface area contributed by atoms with Crippen LogP contribution < -0.4 is 9.47 Å². The Bertz CT molecular complexity index is 1180. The van der Waals surface area contributed by atoms with Gasteiger partial charge in [0.25, 0.3) is 0 Å². The minimum absolute atomic E-state index is 0.335. The molecule has 0 aromatic heterocycles. The van der Waals surface area contributed by atoms with Crippen LogP contribution in [0.1, 0.15) is 69.4 Å². The lowest BCUT2D eigenvalue weighted by Gasteiger charge is -2.07. The lowest BCUT2D eigenvalue weighted by molar-refractivity contribution is -0.139. The summed E-state index contributed by atoms with van der Waals surface area (Å²) in [6.45, 7) is 7.23. The van der Waals surface area contributed by atoms with Crippen LogP contribution >= 0.6 is 0 Å². The van der Waals surface area contributed by atoms with Crippen LogP contribution in [0.4, 0.5) is 0 Å². The molecular weight excluding hydrogens is 548 g/mol. The van der Waals surface area contributed by atoms with Crippen LogP contribution in [-0.4, -0.2) is 51.4 Å². The molecule has 8 nitrogen and oxygen atoms in total. The molecule has 0 fully saturated rings. The Balaban J connectivity index is 1.47. The fourth-order valence-corrected chi connectivity index (χ4v) is 3.75. The second kappa shape index (κ2) is 21.4. The van der Waals surface area contributed by atoms with Crippen LogP contribution in [0.3, 0.4) is 0 Å². The number of methoxy groups -OCH3 is 1. The van der Waals surface area contributed by atoms with Crippen LogP contribution in [0.25, 0.3) is 12.2 Å². The lowest BCUT2D eigenvalue weighted by Crippen LogP contribution is -2.06. The molecule has 0 saturated heterocycles. The molecule has 0 aliphatic carbocycles. The Morgan fingerprint density at radius 3 is 1.47 bits per heavy atom. The number of carbonyl (C=O) groups excluding carboxylic acids is 3. The molecule has 232 valence electrons. The molecule has 2 aromatic carbocycles. The quantitative estimate of drug-likeness (QED) is 0.0654. The van der Waals surface area contributed by atoms with Gasteiger partial charge in [-0.3, -0.25) is 0 Å². The van der Waals surface area contributed by atoms with E-state index in [0.29, 0.717) is 32.0 Å². The van der Waals surface area contributed by atoms with Gasteiger partial charge in [0, 0.05) is 17.7 Å². The van der Waals surface area contributed by atoms with Crippen LogP contribution in [0, 0.1) is 0 Å². The van der Waals surface area contributed by atoms with Gasteiger partial charge in [-0.25, -0.2) is 14.4 Å². The zero-order valence-corrected chi connectivity index (χ0v) is 25.4. The van der Waals surface area contributed by atoms with E-state index in [2.05, 4.69) is 11.3 Å². The first-order valence-electron chi connectivity index (χ1n) is 14.8. The Morgan fingerprint density at radius 2 is 1.02 bits per heavy atom. The number of ether oxygens (including phenoxy) is 5. The maximum Gasteiger partial charge on any atom is 0.333 e. The van der Waals surface area contributed by atoms with Crippen molar-refractivity contribution in [3.05, 3.63) is 84.0 Å². The third-order valence-corrected chi connectivity index (χ3v) is 6.23. The number of esters is 3. The smallest absolute Gasteiger partial charge is 0.333 e. The summed E-state index contributed by atoms with van der Waals surface area (Å²) in [5, 5.41) is 0. The maximum atomic E-state index is 12.0. The number of unbranched alkanes of at least 4 members (excludes halogenated alkanes) is 6. The van der Waals surface area contributed by atoms with Gasteiger partial charge in [0.2, 0.25) is 0 Å². The first kappa shape index (κ1) is 34.9. The minimum Gasteiger partial charge on any atom is -0.494 e. The molecule has 2 rings (SSSR count). The lowest BCUT2D eigenvalue weighted by atomic mass is 10.2. The molecule has 0 atom stereocenters. The third kappa shape index (κ3) is 16.6. The third-order valence-electron chi connectivity index (χ3n) is 6.23. The van der Waals surface area contributed by atoms with Crippen molar-refractivity contribution in [3.8, 4) is 11.5 Å². The summed E-state index contributed by atoms with van der Waals surface area (Å²) in [7, 11) is 1.34. The number of carbonyl (C=O) groups is 3. The van der Waals surface area contributed by atoms with Gasteiger partial charge in [-0.05, 0) is 106 Å². The van der Waals surface area contributed by atoms with E-state index in [4.69, 9.17) is 18.9 Å². The van der Waals surface area contributed by atoms with Crippen molar-refractivity contribution in [1.82, 2.24) is 0 Å². The predicted octanol–water partition coefficient (Wildman–Crippen LogP) is 7.13. The number of benzene rings is 2. The zero-order valence-electron chi connectivity index (χ0n) is 25.4. The Morgan fingerprint density at radius 1 is 0.605 bits per heavy atom. The fraction of sp³-hybridized carbons (Fsp3) is 0.400. The zero-order chi connectivity index (χ0) is 31.1. The standard InChI is InChI=1S/C35H44O8/c1-28(2)35(38)43-27-11-7-5-9-25-41-32-20-14-30(15-21-32)17-23-34(37)42-26-10-6-4-8-24-40-31-18-12-29(13-19-31)16-22-33(36)39-3/h12-23H,1,4-11,24-27H2,2-3H3. The molecule has 0 bridgehead atoms. The maximum absolute atomic E-state index is 12.0. The normalized spacial score (nSPS) is 10.9. The summed E-state index contributed by atoms with van der Waals surface area (Å²) in [6, 6.07) is 15.0. The second-order valence-corrected chi connectivity index (χ2v) is 9.94. The monoisotopic (exact) mass is 592 g/mol. The van der Waals surface area contributed by atoms with Crippen molar-refractivity contribution >= 4 is 30.1 Å². The highest BCUT2D eigenvalue weighted by atomic mass is 16.5. The molecule has 0 unspecified atom stereocenters. The largest absolute Gasteiger partial charge is 0.494 e. The van der Waals surface area contributed by atoms with Crippen molar-refractivity contribution in [2.24, 2.45) is 0 Å². The van der Waals surface area contributed by atoms with Crippen LogP contribution in [0.15, 0.2) is 72.8 Å². The summed E-state index contributed by atoms with van der Waals surface area (Å²) in [6.07, 6.45) is 13.6. The molecule has 0 saturated carbocycles. The number of hydrogen-bond donors (Lipinski definition) is 0. The van der Waals surface area contributed by atoms with Gasteiger partial charge in [0.15, 0.2) is 0 Å². The fourth-order valence-electron chi connectivity index (χ4n) is 3.75. The van der Waals surface area contributed by atoms with Gasteiger partial charge in [-0.2, -0.15) is 0 Å².